The highest BCUT2D eigenvalue weighted by atomic mass is 32.1. The van der Waals surface area contributed by atoms with Crippen molar-refractivity contribution in [1.29, 1.82) is 0 Å². The van der Waals surface area contributed by atoms with Gasteiger partial charge < -0.3 is 5.73 Å². The van der Waals surface area contributed by atoms with Crippen LogP contribution in [0.25, 0.3) is 11.3 Å². The van der Waals surface area contributed by atoms with Gasteiger partial charge in [0.25, 0.3) is 0 Å². The van der Waals surface area contributed by atoms with Crippen LogP contribution in [0.5, 0.6) is 0 Å². The van der Waals surface area contributed by atoms with E-state index in [-0.39, 0.29) is 0 Å². The van der Waals surface area contributed by atoms with Crippen LogP contribution in [0.3, 0.4) is 0 Å². The Balaban J connectivity index is 2.43. The number of nitrogen functional groups attached to an aromatic ring is 1. The highest BCUT2D eigenvalue weighted by molar-refractivity contribution is 7.14. The summed E-state index contributed by atoms with van der Waals surface area (Å²) in [5, 5.41) is 3.02. The van der Waals surface area contributed by atoms with Crippen LogP contribution in [-0.4, -0.2) is 4.98 Å². The molecule has 0 bridgehead atoms. The molecule has 0 fully saturated rings. The van der Waals surface area contributed by atoms with Crippen molar-refractivity contribution in [1.82, 2.24) is 4.98 Å². The highest BCUT2D eigenvalue weighted by Gasteiger charge is 2.13. The summed E-state index contributed by atoms with van der Waals surface area (Å²) in [5.74, 6) is 0.636. The van der Waals surface area contributed by atoms with Crippen LogP contribution in [0, 0.1) is 5.92 Å². The molecule has 0 atom stereocenters. The summed E-state index contributed by atoms with van der Waals surface area (Å²) in [6, 6.07) is 5.94. The minimum atomic E-state index is 0.636. The van der Waals surface area contributed by atoms with Crippen LogP contribution < -0.4 is 5.73 Å². The summed E-state index contributed by atoms with van der Waals surface area (Å²) >= 11 is 1.61. The van der Waals surface area contributed by atoms with Gasteiger partial charge in [-0.1, -0.05) is 19.9 Å². The van der Waals surface area contributed by atoms with Crippen LogP contribution in [0.15, 0.2) is 29.8 Å². The maximum atomic E-state index is 6.03. The van der Waals surface area contributed by atoms with Gasteiger partial charge in [-0.25, -0.2) is 0 Å². The monoisotopic (exact) mass is 232 g/mol. The van der Waals surface area contributed by atoms with E-state index in [2.05, 4.69) is 24.2 Å². The van der Waals surface area contributed by atoms with E-state index in [4.69, 9.17) is 5.73 Å². The zero-order valence-corrected chi connectivity index (χ0v) is 10.4. The third-order valence-electron chi connectivity index (χ3n) is 2.44. The molecule has 2 aromatic heterocycles. The molecule has 0 radical (unpaired) electrons. The van der Waals surface area contributed by atoms with Gasteiger partial charge in [0.05, 0.1) is 10.7 Å². The Morgan fingerprint density at radius 3 is 2.81 bits per heavy atom. The van der Waals surface area contributed by atoms with Gasteiger partial charge in [0.1, 0.15) is 0 Å². The van der Waals surface area contributed by atoms with Crippen molar-refractivity contribution >= 4 is 16.3 Å². The number of nitrogens with zero attached hydrogens (tertiary/aromatic N) is 1. The highest BCUT2D eigenvalue weighted by Crippen LogP contribution is 2.35. The normalized spacial score (nSPS) is 10.9. The Bertz CT molecular complexity index is 460. The second-order valence-corrected chi connectivity index (χ2v) is 5.22. The Kier molecular flexibility index (Phi) is 3.25. The lowest BCUT2D eigenvalue weighted by Crippen LogP contribution is -1.96. The largest absolute Gasteiger partial charge is 0.390 e. The van der Waals surface area contributed by atoms with Gasteiger partial charge in [0.2, 0.25) is 0 Å². The number of hydrogen-bond donors (Lipinski definition) is 1. The van der Waals surface area contributed by atoms with Crippen LogP contribution in [0.4, 0.5) is 5.00 Å². The predicted molar refractivity (Wildman–Crippen MR) is 70.5 cm³/mol. The Morgan fingerprint density at radius 1 is 1.38 bits per heavy atom. The predicted octanol–water partition coefficient (Wildman–Crippen LogP) is 3.59. The van der Waals surface area contributed by atoms with Crippen LogP contribution in [0.1, 0.15) is 19.4 Å². The molecule has 2 rings (SSSR count). The molecule has 2 heterocycles. The third kappa shape index (κ3) is 2.25. The van der Waals surface area contributed by atoms with Crippen molar-refractivity contribution in [3.8, 4) is 11.3 Å². The molecule has 16 heavy (non-hydrogen) atoms. The summed E-state index contributed by atoms with van der Waals surface area (Å²) < 4.78 is 0. The third-order valence-corrected chi connectivity index (χ3v) is 3.31. The first-order chi connectivity index (χ1) is 7.68. The lowest BCUT2D eigenvalue weighted by Gasteiger charge is -2.07. The molecular weight excluding hydrogens is 216 g/mol. The number of thiophene rings is 1. The van der Waals surface area contributed by atoms with E-state index in [1.165, 1.54) is 5.56 Å². The molecule has 0 saturated carbocycles. The van der Waals surface area contributed by atoms with Gasteiger partial charge >= 0.3 is 0 Å². The van der Waals surface area contributed by atoms with Gasteiger partial charge in [-0.05, 0) is 35.4 Å². The summed E-state index contributed by atoms with van der Waals surface area (Å²) in [7, 11) is 0. The van der Waals surface area contributed by atoms with E-state index >= 15 is 0 Å². The molecule has 0 saturated heterocycles. The molecule has 84 valence electrons. The number of pyridine rings is 1. The van der Waals surface area contributed by atoms with Crippen LogP contribution in [-0.2, 0) is 6.42 Å². The minimum absolute atomic E-state index is 0.636. The molecule has 0 aliphatic rings. The maximum Gasteiger partial charge on any atom is 0.0954 e. The Labute approximate surface area is 100 Å². The summed E-state index contributed by atoms with van der Waals surface area (Å²) in [6.45, 7) is 4.44. The smallest absolute Gasteiger partial charge is 0.0954 e. The van der Waals surface area contributed by atoms with Gasteiger partial charge in [-0.15, -0.1) is 11.3 Å². The SMILES string of the molecule is CC(C)Cc1csc(N)c1-c1ccccn1. The quantitative estimate of drug-likeness (QED) is 0.878. The number of nitrogens with two attached hydrogens (primary N) is 1. The number of hydrogen-bond acceptors (Lipinski definition) is 3. The molecule has 0 amide bonds. The van der Waals surface area contributed by atoms with Gasteiger partial charge in [-0.3, -0.25) is 4.98 Å². The van der Waals surface area contributed by atoms with Crippen molar-refractivity contribution in [2.45, 2.75) is 20.3 Å². The van der Waals surface area contributed by atoms with Crippen molar-refractivity contribution in [2.24, 2.45) is 5.92 Å². The van der Waals surface area contributed by atoms with E-state index in [1.54, 1.807) is 11.3 Å². The molecule has 0 aliphatic carbocycles. The minimum Gasteiger partial charge on any atom is -0.390 e. The fourth-order valence-corrected chi connectivity index (χ4v) is 2.64. The fourth-order valence-electron chi connectivity index (χ4n) is 1.80. The van der Waals surface area contributed by atoms with Gasteiger partial charge in [0, 0.05) is 11.8 Å². The van der Waals surface area contributed by atoms with E-state index in [1.807, 2.05) is 24.4 Å². The zero-order chi connectivity index (χ0) is 11.5. The van der Waals surface area contributed by atoms with Gasteiger partial charge in [0.15, 0.2) is 0 Å². The first kappa shape index (κ1) is 11.1. The number of rotatable bonds is 3. The first-order valence-electron chi connectivity index (χ1n) is 5.45. The zero-order valence-electron chi connectivity index (χ0n) is 9.60. The topological polar surface area (TPSA) is 38.9 Å². The molecule has 0 spiro atoms. The molecule has 0 aromatic carbocycles. The van der Waals surface area contributed by atoms with Crippen LogP contribution in [0.2, 0.25) is 0 Å². The van der Waals surface area contributed by atoms with Crippen molar-refractivity contribution in [3.63, 3.8) is 0 Å². The van der Waals surface area contributed by atoms with E-state index in [0.717, 1.165) is 22.7 Å². The molecule has 2 N–H and O–H groups in total. The lowest BCUT2D eigenvalue weighted by molar-refractivity contribution is 0.649. The lowest BCUT2D eigenvalue weighted by atomic mass is 10.00. The second-order valence-electron chi connectivity index (χ2n) is 4.31. The molecule has 3 heteroatoms. The second kappa shape index (κ2) is 4.66. The Morgan fingerprint density at radius 2 is 2.19 bits per heavy atom. The summed E-state index contributed by atoms with van der Waals surface area (Å²) in [4.78, 5) is 4.38. The molecule has 0 unspecified atom stereocenters. The van der Waals surface area contributed by atoms with Crippen molar-refractivity contribution in [2.75, 3.05) is 5.73 Å². The number of anilines is 1. The molecule has 0 aliphatic heterocycles. The summed E-state index contributed by atoms with van der Waals surface area (Å²) in [6.07, 6.45) is 2.87. The maximum absolute atomic E-state index is 6.03. The standard InChI is InChI=1S/C13H16N2S/c1-9(2)7-10-8-16-13(14)12(10)11-5-3-4-6-15-11/h3-6,8-9H,7,14H2,1-2H3. The summed E-state index contributed by atoms with van der Waals surface area (Å²) in [5.41, 5.74) is 9.45. The fraction of sp³-hybridized carbons (Fsp3) is 0.308. The van der Waals surface area contributed by atoms with E-state index in [0.29, 0.717) is 5.92 Å². The molecule has 2 nitrogen and oxygen atoms in total. The average molecular weight is 232 g/mol. The molecule has 2 aromatic rings. The molecular formula is C13H16N2S. The average Bonchev–Trinajstić information content (AvgIpc) is 2.60. The van der Waals surface area contributed by atoms with Crippen molar-refractivity contribution < 1.29 is 0 Å². The first-order valence-corrected chi connectivity index (χ1v) is 6.33. The van der Waals surface area contributed by atoms with E-state index < -0.39 is 0 Å². The van der Waals surface area contributed by atoms with Crippen LogP contribution >= 0.6 is 11.3 Å². The Hall–Kier alpha value is -1.35. The van der Waals surface area contributed by atoms with Crippen molar-refractivity contribution in [3.05, 3.63) is 35.3 Å². The van der Waals surface area contributed by atoms with E-state index in [9.17, 15) is 0 Å². The number of aromatic nitrogens is 1. The van der Waals surface area contributed by atoms with Gasteiger partial charge in [-0.2, -0.15) is 0 Å².